The Morgan fingerprint density at radius 1 is 1.06 bits per heavy atom. The molecule has 0 aromatic rings. The lowest BCUT2D eigenvalue weighted by atomic mass is 10.3. The van der Waals surface area contributed by atoms with Crippen LogP contribution in [-0.4, -0.2) is 31.6 Å². The van der Waals surface area contributed by atoms with Gasteiger partial charge in [-0.15, -0.1) is 0 Å². The molecule has 0 unspecified atom stereocenters. The quantitative estimate of drug-likeness (QED) is 0.445. The summed E-state index contributed by atoms with van der Waals surface area (Å²) in [7, 11) is -5.84. The first kappa shape index (κ1) is 19.0. The monoisotopic (exact) mass is 279 g/mol. The Morgan fingerprint density at radius 2 is 1.35 bits per heavy atom. The van der Waals surface area contributed by atoms with Crippen molar-refractivity contribution in [1.82, 2.24) is 5.32 Å². The molecule has 0 aromatic heterocycles. The molecule has 0 saturated carbocycles. The molecular weight excluding hydrogens is 259 g/mol. The molecule has 8 heteroatoms. The van der Waals surface area contributed by atoms with Gasteiger partial charge < -0.3 is 5.32 Å². The van der Waals surface area contributed by atoms with Crippen molar-refractivity contribution in [1.29, 1.82) is 0 Å². The van der Waals surface area contributed by atoms with Crippen LogP contribution in [0.4, 0.5) is 13.2 Å². The maximum Gasteiger partial charge on any atom is 0.522 e. The normalized spacial score (nSPS) is 11.9. The Balaban J connectivity index is 0. The van der Waals surface area contributed by atoms with Crippen LogP contribution in [0.3, 0.4) is 0 Å². The molecule has 0 fully saturated rings. The van der Waals surface area contributed by atoms with Gasteiger partial charge in [0.05, 0.1) is 0 Å². The molecule has 2 N–H and O–H groups in total. The third-order valence-electron chi connectivity index (χ3n) is 1.71. The lowest BCUT2D eigenvalue weighted by molar-refractivity contribution is -0.0510. The predicted molar refractivity (Wildman–Crippen MR) is 60.3 cm³/mol. The van der Waals surface area contributed by atoms with E-state index in [1.54, 1.807) is 0 Å². The van der Waals surface area contributed by atoms with Gasteiger partial charge >= 0.3 is 15.6 Å². The highest BCUT2D eigenvalue weighted by molar-refractivity contribution is 7.86. The van der Waals surface area contributed by atoms with E-state index in [9.17, 15) is 13.2 Å². The number of hydrogen-bond acceptors (Lipinski definition) is 3. The first-order valence-electron chi connectivity index (χ1n) is 5.41. The highest BCUT2D eigenvalue weighted by Crippen LogP contribution is 2.20. The average Bonchev–Trinajstić information content (AvgIpc) is 2.15. The number of hydrogen-bond donors (Lipinski definition) is 2. The predicted octanol–water partition coefficient (Wildman–Crippen LogP) is 2.57. The van der Waals surface area contributed by atoms with Gasteiger partial charge in [0, 0.05) is 0 Å². The molecule has 0 aliphatic rings. The van der Waals surface area contributed by atoms with Crippen LogP contribution >= 0.6 is 0 Å². The molecule has 0 rings (SSSR count). The molecule has 17 heavy (non-hydrogen) atoms. The Bertz CT molecular complexity index is 259. The molecule has 0 saturated heterocycles. The minimum atomic E-state index is -5.84. The summed E-state index contributed by atoms with van der Waals surface area (Å²) in [6, 6.07) is 0. The van der Waals surface area contributed by atoms with E-state index in [1.807, 2.05) is 0 Å². The maximum atomic E-state index is 10.7. The second-order valence-corrected chi connectivity index (χ2v) is 4.79. The van der Waals surface area contributed by atoms with Crippen molar-refractivity contribution >= 4 is 10.1 Å². The summed E-state index contributed by atoms with van der Waals surface area (Å²) in [6.07, 6.45) is 5.26. The molecule has 0 amide bonds. The van der Waals surface area contributed by atoms with Gasteiger partial charge in [0.15, 0.2) is 0 Å². The van der Waals surface area contributed by atoms with E-state index >= 15 is 0 Å². The van der Waals surface area contributed by atoms with E-state index in [2.05, 4.69) is 19.2 Å². The van der Waals surface area contributed by atoms with E-state index in [4.69, 9.17) is 13.0 Å². The fraction of sp³-hybridized carbons (Fsp3) is 1.00. The maximum absolute atomic E-state index is 10.7. The van der Waals surface area contributed by atoms with Crippen LogP contribution in [0, 0.1) is 0 Å². The summed E-state index contributed by atoms with van der Waals surface area (Å²) in [5.41, 5.74) is -5.53. The van der Waals surface area contributed by atoms with Crippen LogP contribution in [0.2, 0.25) is 0 Å². The SMILES string of the molecule is CCCCNCCCC.O=S(=O)(O)C(F)(F)F. The largest absolute Gasteiger partial charge is 0.522 e. The van der Waals surface area contributed by atoms with E-state index in [0.29, 0.717) is 0 Å². The van der Waals surface area contributed by atoms with E-state index < -0.39 is 15.6 Å². The molecule has 4 nitrogen and oxygen atoms in total. The van der Waals surface area contributed by atoms with Gasteiger partial charge in [-0.2, -0.15) is 21.6 Å². The van der Waals surface area contributed by atoms with E-state index in [0.717, 1.165) is 0 Å². The summed E-state index contributed by atoms with van der Waals surface area (Å²) in [5, 5.41) is 3.39. The molecule has 0 radical (unpaired) electrons. The van der Waals surface area contributed by atoms with Gasteiger partial charge in [0.25, 0.3) is 0 Å². The third kappa shape index (κ3) is 13.6. The Kier molecular flexibility index (Phi) is 10.8. The van der Waals surface area contributed by atoms with Crippen molar-refractivity contribution < 1.29 is 26.1 Å². The van der Waals surface area contributed by atoms with Gasteiger partial charge in [-0.25, -0.2) is 0 Å². The Hall–Kier alpha value is -0.340. The molecule has 0 aromatic carbocycles. The van der Waals surface area contributed by atoms with Crippen LogP contribution in [0.5, 0.6) is 0 Å². The van der Waals surface area contributed by atoms with Gasteiger partial charge in [-0.1, -0.05) is 26.7 Å². The molecule has 0 aliphatic carbocycles. The summed E-state index contributed by atoms with van der Waals surface area (Å²) in [6.45, 7) is 6.86. The van der Waals surface area contributed by atoms with Crippen LogP contribution in [0.1, 0.15) is 39.5 Å². The van der Waals surface area contributed by atoms with Crippen molar-refractivity contribution in [2.75, 3.05) is 13.1 Å². The fourth-order valence-corrected chi connectivity index (χ4v) is 0.729. The van der Waals surface area contributed by atoms with Crippen LogP contribution in [0.15, 0.2) is 0 Å². The lowest BCUT2D eigenvalue weighted by Crippen LogP contribution is -2.21. The third-order valence-corrected chi connectivity index (χ3v) is 2.29. The Labute approximate surface area is 100 Å². The number of halogens is 3. The minimum absolute atomic E-state index is 1.20. The number of rotatable bonds is 6. The van der Waals surface area contributed by atoms with Crippen molar-refractivity contribution in [3.05, 3.63) is 0 Å². The molecule has 0 bridgehead atoms. The van der Waals surface area contributed by atoms with Gasteiger partial charge in [-0.3, -0.25) is 4.55 Å². The Morgan fingerprint density at radius 3 is 1.53 bits per heavy atom. The van der Waals surface area contributed by atoms with Gasteiger partial charge in [-0.05, 0) is 25.9 Å². The number of alkyl halides is 3. The smallest absolute Gasteiger partial charge is 0.317 e. The second kappa shape index (κ2) is 9.67. The number of unbranched alkanes of at least 4 members (excludes halogenated alkanes) is 2. The van der Waals surface area contributed by atoms with Crippen molar-refractivity contribution in [3.8, 4) is 0 Å². The lowest BCUT2D eigenvalue weighted by Gasteiger charge is -1.99. The summed E-state index contributed by atoms with van der Waals surface area (Å²) in [5.74, 6) is 0. The minimum Gasteiger partial charge on any atom is -0.317 e. The zero-order chi connectivity index (χ0) is 13.9. The number of nitrogens with one attached hydrogen (secondary N) is 1. The zero-order valence-corrected chi connectivity index (χ0v) is 10.9. The molecule has 0 spiro atoms. The molecule has 0 heterocycles. The first-order valence-corrected chi connectivity index (χ1v) is 6.85. The van der Waals surface area contributed by atoms with Gasteiger partial charge in [0.1, 0.15) is 0 Å². The van der Waals surface area contributed by atoms with Crippen LogP contribution < -0.4 is 5.32 Å². The van der Waals surface area contributed by atoms with E-state index in [1.165, 1.54) is 38.8 Å². The second-order valence-electron chi connectivity index (χ2n) is 3.38. The van der Waals surface area contributed by atoms with Crippen LogP contribution in [0.25, 0.3) is 0 Å². The summed E-state index contributed by atoms with van der Waals surface area (Å²) in [4.78, 5) is 0. The average molecular weight is 279 g/mol. The topological polar surface area (TPSA) is 66.4 Å². The summed E-state index contributed by atoms with van der Waals surface area (Å²) < 4.78 is 57.5. The van der Waals surface area contributed by atoms with Crippen molar-refractivity contribution in [3.63, 3.8) is 0 Å². The summed E-state index contributed by atoms with van der Waals surface area (Å²) >= 11 is 0. The molecule has 0 aliphatic heterocycles. The fourth-order valence-electron chi connectivity index (χ4n) is 0.729. The highest BCUT2D eigenvalue weighted by atomic mass is 32.2. The molecule has 0 atom stereocenters. The standard InChI is InChI=1S/C8H19N.CHF3O3S/c1-3-5-7-9-8-6-4-2;2-1(3,4)8(5,6)7/h9H,3-8H2,1-2H3;(H,5,6,7). The molecule has 106 valence electrons. The molecular formula is C9H20F3NO3S. The van der Waals surface area contributed by atoms with Crippen molar-refractivity contribution in [2.24, 2.45) is 0 Å². The van der Waals surface area contributed by atoms with E-state index in [-0.39, 0.29) is 0 Å². The van der Waals surface area contributed by atoms with Crippen molar-refractivity contribution in [2.45, 2.75) is 45.0 Å². The highest BCUT2D eigenvalue weighted by Gasteiger charge is 2.44. The zero-order valence-electron chi connectivity index (χ0n) is 10.0. The van der Waals surface area contributed by atoms with Crippen LogP contribution in [-0.2, 0) is 10.1 Å². The first-order chi connectivity index (χ1) is 7.66. The van der Waals surface area contributed by atoms with Gasteiger partial charge in [0.2, 0.25) is 0 Å².